The summed E-state index contributed by atoms with van der Waals surface area (Å²) in [6, 6.07) is 13.2. The van der Waals surface area contributed by atoms with E-state index in [0.29, 0.717) is 6.04 Å². The summed E-state index contributed by atoms with van der Waals surface area (Å²) in [5.41, 5.74) is 6.54. The third kappa shape index (κ3) is 3.87. The number of likely N-dealkylation sites (N-methyl/N-ethyl adjacent to an activating group) is 1. The van der Waals surface area contributed by atoms with Gasteiger partial charge in [0.2, 0.25) is 0 Å². The Morgan fingerprint density at radius 3 is 2.57 bits per heavy atom. The Morgan fingerprint density at radius 2 is 1.86 bits per heavy atom. The smallest absolute Gasteiger partial charge is 0.0438 e. The first-order valence-corrected chi connectivity index (χ1v) is 7.95. The Labute approximate surface area is 133 Å². The molecule has 2 rings (SSSR count). The topological polar surface area (TPSA) is 12.0 Å². The van der Waals surface area contributed by atoms with Crippen molar-refractivity contribution in [3.8, 4) is 0 Å². The molecule has 0 fully saturated rings. The molecule has 1 N–H and O–H groups in total. The van der Waals surface area contributed by atoms with Crippen molar-refractivity contribution < 1.29 is 0 Å². The molecule has 1 nitrogen and oxygen atoms in total. The lowest BCUT2D eigenvalue weighted by atomic mass is 9.92. The molecule has 0 bridgehead atoms. The van der Waals surface area contributed by atoms with Gasteiger partial charge in [0.1, 0.15) is 0 Å². The first kappa shape index (κ1) is 16.1. The van der Waals surface area contributed by atoms with Crippen LogP contribution in [0, 0.1) is 20.8 Å². The highest BCUT2D eigenvalue weighted by molar-refractivity contribution is 6.31. The van der Waals surface area contributed by atoms with E-state index in [0.717, 1.165) is 18.0 Å². The molecule has 0 amide bonds. The average molecular weight is 302 g/mol. The van der Waals surface area contributed by atoms with Crippen LogP contribution in [0.2, 0.25) is 5.02 Å². The van der Waals surface area contributed by atoms with E-state index < -0.39 is 0 Å². The fourth-order valence-corrected chi connectivity index (χ4v) is 2.96. The minimum Gasteiger partial charge on any atom is -0.310 e. The Morgan fingerprint density at radius 1 is 1.10 bits per heavy atom. The predicted molar refractivity (Wildman–Crippen MR) is 92.2 cm³/mol. The second kappa shape index (κ2) is 7.11. The van der Waals surface area contributed by atoms with Crippen LogP contribution in [0.4, 0.5) is 0 Å². The summed E-state index contributed by atoms with van der Waals surface area (Å²) in [6.07, 6.45) is 0.989. The molecule has 0 aliphatic heterocycles. The van der Waals surface area contributed by atoms with Gasteiger partial charge in [0.15, 0.2) is 0 Å². The van der Waals surface area contributed by atoms with Crippen LogP contribution >= 0.6 is 11.6 Å². The zero-order chi connectivity index (χ0) is 15.4. The van der Waals surface area contributed by atoms with Gasteiger partial charge in [0.05, 0.1) is 0 Å². The van der Waals surface area contributed by atoms with Gasteiger partial charge in [-0.2, -0.15) is 0 Å². The number of aryl methyl sites for hydroxylation is 2. The van der Waals surface area contributed by atoms with Crippen molar-refractivity contribution in [3.05, 3.63) is 69.2 Å². The van der Waals surface area contributed by atoms with E-state index in [1.54, 1.807) is 0 Å². The third-order valence-corrected chi connectivity index (χ3v) is 4.47. The van der Waals surface area contributed by atoms with Crippen molar-refractivity contribution in [2.75, 3.05) is 6.54 Å². The molecule has 2 heteroatoms. The van der Waals surface area contributed by atoms with E-state index >= 15 is 0 Å². The highest BCUT2D eigenvalue weighted by atomic mass is 35.5. The van der Waals surface area contributed by atoms with E-state index in [1.165, 1.54) is 27.8 Å². The van der Waals surface area contributed by atoms with Gasteiger partial charge in [-0.15, -0.1) is 0 Å². The normalized spacial score (nSPS) is 12.4. The average Bonchev–Trinajstić information content (AvgIpc) is 2.45. The van der Waals surface area contributed by atoms with Crippen LogP contribution in [0.1, 0.15) is 40.8 Å². The lowest BCUT2D eigenvalue weighted by Gasteiger charge is -2.22. The van der Waals surface area contributed by atoms with E-state index in [9.17, 15) is 0 Å². The quantitative estimate of drug-likeness (QED) is 0.804. The summed E-state index contributed by atoms with van der Waals surface area (Å²) in [5, 5.41) is 4.45. The molecular weight excluding hydrogens is 278 g/mol. The molecule has 21 heavy (non-hydrogen) atoms. The fraction of sp³-hybridized carbons (Fsp3) is 0.368. The number of halogens is 1. The molecule has 2 aromatic rings. The molecule has 0 saturated carbocycles. The zero-order valence-electron chi connectivity index (χ0n) is 13.3. The number of benzene rings is 2. The Bertz CT molecular complexity index is 619. The second-order valence-electron chi connectivity index (χ2n) is 5.70. The molecule has 0 aliphatic carbocycles. The monoisotopic (exact) mass is 301 g/mol. The summed E-state index contributed by atoms with van der Waals surface area (Å²) in [4.78, 5) is 0. The number of rotatable bonds is 5. The summed E-state index contributed by atoms with van der Waals surface area (Å²) < 4.78 is 0. The third-order valence-electron chi connectivity index (χ3n) is 4.06. The van der Waals surface area contributed by atoms with E-state index in [-0.39, 0.29) is 0 Å². The van der Waals surface area contributed by atoms with E-state index in [2.05, 4.69) is 57.3 Å². The summed E-state index contributed by atoms with van der Waals surface area (Å²) in [7, 11) is 0. The van der Waals surface area contributed by atoms with Crippen LogP contribution in [0.25, 0.3) is 0 Å². The van der Waals surface area contributed by atoms with Gasteiger partial charge < -0.3 is 5.32 Å². The van der Waals surface area contributed by atoms with E-state index in [4.69, 9.17) is 11.6 Å². The molecule has 0 aromatic heterocycles. The van der Waals surface area contributed by atoms with E-state index in [1.807, 2.05) is 12.1 Å². The first-order chi connectivity index (χ1) is 10.0. The summed E-state index contributed by atoms with van der Waals surface area (Å²) in [6.45, 7) is 9.53. The second-order valence-corrected chi connectivity index (χ2v) is 6.11. The summed E-state index contributed by atoms with van der Waals surface area (Å²) >= 11 is 6.29. The maximum Gasteiger partial charge on any atom is 0.0438 e. The summed E-state index contributed by atoms with van der Waals surface area (Å²) in [5.74, 6) is 0. The molecular formula is C19H24ClN. The molecule has 1 atom stereocenters. The van der Waals surface area contributed by atoms with Crippen LogP contribution in [0.5, 0.6) is 0 Å². The number of hydrogen-bond donors (Lipinski definition) is 1. The molecule has 0 saturated heterocycles. The van der Waals surface area contributed by atoms with Crippen molar-refractivity contribution in [1.29, 1.82) is 0 Å². The van der Waals surface area contributed by atoms with Crippen molar-refractivity contribution in [1.82, 2.24) is 5.32 Å². The number of nitrogens with one attached hydrogen (secondary N) is 1. The maximum absolute atomic E-state index is 6.29. The van der Waals surface area contributed by atoms with Crippen LogP contribution in [0.15, 0.2) is 36.4 Å². The number of hydrogen-bond acceptors (Lipinski definition) is 1. The van der Waals surface area contributed by atoms with Gasteiger partial charge in [0.25, 0.3) is 0 Å². The molecule has 112 valence electrons. The van der Waals surface area contributed by atoms with Gasteiger partial charge >= 0.3 is 0 Å². The van der Waals surface area contributed by atoms with Gasteiger partial charge in [-0.3, -0.25) is 0 Å². The zero-order valence-corrected chi connectivity index (χ0v) is 14.1. The van der Waals surface area contributed by atoms with Crippen LogP contribution in [-0.2, 0) is 6.42 Å². The maximum atomic E-state index is 6.29. The molecule has 0 radical (unpaired) electrons. The first-order valence-electron chi connectivity index (χ1n) is 7.57. The van der Waals surface area contributed by atoms with Gasteiger partial charge in [-0.25, -0.2) is 0 Å². The largest absolute Gasteiger partial charge is 0.310 e. The minimum atomic E-state index is 0.300. The molecule has 0 spiro atoms. The SMILES string of the molecule is CCNC(Cc1cc(C)ccc1C)c1cccc(Cl)c1C. The van der Waals surface area contributed by atoms with Crippen LogP contribution < -0.4 is 5.32 Å². The van der Waals surface area contributed by atoms with Crippen molar-refractivity contribution in [2.24, 2.45) is 0 Å². The van der Waals surface area contributed by atoms with Crippen molar-refractivity contribution >= 4 is 11.6 Å². The fourth-order valence-electron chi connectivity index (χ4n) is 2.78. The predicted octanol–water partition coefficient (Wildman–Crippen LogP) is 5.16. The Hall–Kier alpha value is -1.31. The highest BCUT2D eigenvalue weighted by Crippen LogP contribution is 2.27. The highest BCUT2D eigenvalue weighted by Gasteiger charge is 2.15. The van der Waals surface area contributed by atoms with Gasteiger partial charge in [-0.1, -0.05) is 54.4 Å². The Kier molecular flexibility index (Phi) is 5.44. The van der Waals surface area contributed by atoms with Crippen LogP contribution in [-0.4, -0.2) is 6.54 Å². The van der Waals surface area contributed by atoms with Gasteiger partial charge in [-0.05, 0) is 62.1 Å². The standard InChI is InChI=1S/C19H24ClN/c1-5-21-19(17-7-6-8-18(20)15(17)4)12-16-11-13(2)9-10-14(16)3/h6-11,19,21H,5,12H2,1-4H3. The molecule has 2 aromatic carbocycles. The molecule has 0 heterocycles. The van der Waals surface area contributed by atoms with Crippen molar-refractivity contribution in [3.63, 3.8) is 0 Å². The van der Waals surface area contributed by atoms with Crippen molar-refractivity contribution in [2.45, 2.75) is 40.2 Å². The lowest BCUT2D eigenvalue weighted by molar-refractivity contribution is 0.546. The van der Waals surface area contributed by atoms with Gasteiger partial charge in [0, 0.05) is 11.1 Å². The lowest BCUT2D eigenvalue weighted by Crippen LogP contribution is -2.24. The molecule has 0 aliphatic rings. The Balaban J connectivity index is 2.35. The molecule has 1 unspecified atom stereocenters. The van der Waals surface area contributed by atoms with Crippen LogP contribution in [0.3, 0.4) is 0 Å². The minimum absolute atomic E-state index is 0.300.